The minimum atomic E-state index is -0.503. The van der Waals surface area contributed by atoms with Crippen molar-refractivity contribution in [2.45, 2.75) is 13.8 Å². The average molecular weight is 324 g/mol. The largest absolute Gasteiger partial charge is 0.497 e. The number of fused-ring (bicyclic) bond motifs is 1. The minimum absolute atomic E-state index is 0.0130. The van der Waals surface area contributed by atoms with Crippen molar-refractivity contribution < 1.29 is 9.53 Å². The van der Waals surface area contributed by atoms with Crippen LogP contribution in [0.2, 0.25) is 0 Å². The van der Waals surface area contributed by atoms with E-state index in [9.17, 15) is 4.79 Å². The molecule has 1 N–H and O–H groups in total. The molecule has 8 nitrogen and oxygen atoms in total. The van der Waals surface area contributed by atoms with Crippen LogP contribution < -0.4 is 10.2 Å². The van der Waals surface area contributed by atoms with Crippen LogP contribution in [0.15, 0.2) is 35.4 Å². The number of hydrazone groups is 1. The summed E-state index contributed by atoms with van der Waals surface area (Å²) in [6.07, 6.45) is 1.52. The van der Waals surface area contributed by atoms with Gasteiger partial charge in [-0.05, 0) is 37.6 Å². The number of amides is 1. The van der Waals surface area contributed by atoms with Gasteiger partial charge in [0, 0.05) is 11.4 Å². The molecule has 0 fully saturated rings. The molecule has 1 amide bonds. The number of benzene rings is 1. The number of methoxy groups -OCH3 is 1. The Morgan fingerprint density at radius 2 is 2.12 bits per heavy atom. The molecule has 24 heavy (non-hydrogen) atoms. The van der Waals surface area contributed by atoms with E-state index in [-0.39, 0.29) is 5.82 Å². The summed E-state index contributed by atoms with van der Waals surface area (Å²) in [6.45, 7) is 3.73. The molecule has 0 aliphatic heterocycles. The molecule has 2 heterocycles. The molecule has 3 rings (SSSR count). The first-order chi connectivity index (χ1) is 11.6. The molecule has 0 spiro atoms. The number of rotatable bonds is 4. The summed E-state index contributed by atoms with van der Waals surface area (Å²) >= 11 is 0. The normalized spacial score (nSPS) is 11.1. The first-order valence-corrected chi connectivity index (χ1v) is 7.25. The highest BCUT2D eigenvalue weighted by molar-refractivity contribution is 5.91. The number of nitrogens with zero attached hydrogens (tertiary/aromatic N) is 5. The van der Waals surface area contributed by atoms with Crippen molar-refractivity contribution in [3.63, 3.8) is 0 Å². The van der Waals surface area contributed by atoms with Crippen LogP contribution in [-0.4, -0.2) is 38.8 Å². The zero-order valence-electron chi connectivity index (χ0n) is 13.5. The zero-order valence-corrected chi connectivity index (χ0v) is 13.5. The highest BCUT2D eigenvalue weighted by Gasteiger charge is 2.14. The third-order valence-electron chi connectivity index (χ3n) is 3.29. The molecular formula is C16H16N6O2. The van der Waals surface area contributed by atoms with Gasteiger partial charge in [-0.1, -0.05) is 12.1 Å². The maximum atomic E-state index is 12.1. The average Bonchev–Trinajstić information content (AvgIpc) is 2.99. The van der Waals surface area contributed by atoms with Crippen LogP contribution in [0, 0.1) is 13.8 Å². The fourth-order valence-electron chi connectivity index (χ4n) is 2.20. The number of carbonyl (C=O) groups is 1. The molecule has 0 saturated carbocycles. The Morgan fingerprint density at radius 1 is 1.29 bits per heavy atom. The molecule has 0 bridgehead atoms. The summed E-state index contributed by atoms with van der Waals surface area (Å²) in [7, 11) is 1.59. The second-order valence-electron chi connectivity index (χ2n) is 5.16. The van der Waals surface area contributed by atoms with Crippen molar-refractivity contribution in [2.24, 2.45) is 5.10 Å². The molecule has 3 aromatic rings. The summed E-state index contributed by atoms with van der Waals surface area (Å²) in [5, 5.41) is 8.06. The second kappa shape index (κ2) is 6.45. The van der Waals surface area contributed by atoms with Crippen molar-refractivity contribution in [1.82, 2.24) is 25.0 Å². The Hall–Kier alpha value is -3.29. The van der Waals surface area contributed by atoms with E-state index in [1.165, 1.54) is 10.7 Å². The molecule has 0 unspecified atom stereocenters. The molecule has 8 heteroatoms. The van der Waals surface area contributed by atoms with E-state index in [2.05, 4.69) is 25.6 Å². The topological polar surface area (TPSA) is 93.8 Å². The molecule has 0 atom stereocenters. The third kappa shape index (κ3) is 3.22. The number of aromatic nitrogens is 4. The molecule has 122 valence electrons. The third-order valence-corrected chi connectivity index (χ3v) is 3.29. The Balaban J connectivity index is 1.75. The van der Waals surface area contributed by atoms with E-state index >= 15 is 0 Å². The van der Waals surface area contributed by atoms with Gasteiger partial charge in [-0.15, -0.1) is 5.10 Å². The molecule has 1 aromatic carbocycles. The molecule has 0 aliphatic carbocycles. The molecule has 0 radical (unpaired) electrons. The van der Waals surface area contributed by atoms with E-state index in [4.69, 9.17) is 4.74 Å². The van der Waals surface area contributed by atoms with E-state index in [0.29, 0.717) is 11.5 Å². The lowest BCUT2D eigenvalue weighted by atomic mass is 10.2. The number of carbonyl (C=O) groups excluding carboxylic acids is 1. The summed E-state index contributed by atoms with van der Waals surface area (Å²) < 4.78 is 6.65. The van der Waals surface area contributed by atoms with E-state index in [0.717, 1.165) is 17.0 Å². The van der Waals surface area contributed by atoms with E-state index in [1.54, 1.807) is 13.2 Å². The van der Waals surface area contributed by atoms with Crippen molar-refractivity contribution in [1.29, 1.82) is 0 Å². The first-order valence-electron chi connectivity index (χ1n) is 7.25. The Bertz CT molecular complexity index is 931. The van der Waals surface area contributed by atoms with Gasteiger partial charge in [-0.3, -0.25) is 4.79 Å². The highest BCUT2D eigenvalue weighted by atomic mass is 16.5. The smallest absolute Gasteiger partial charge is 0.311 e. The van der Waals surface area contributed by atoms with Crippen LogP contribution in [0.5, 0.6) is 5.75 Å². The Kier molecular flexibility index (Phi) is 4.19. The van der Waals surface area contributed by atoms with Gasteiger partial charge in [0.2, 0.25) is 5.82 Å². The SMILES string of the molecule is COc1cccc(/C=N\NC(=O)c2nc3nc(C)cc(C)n3n2)c1. The zero-order chi connectivity index (χ0) is 17.1. The van der Waals surface area contributed by atoms with Crippen LogP contribution in [0.25, 0.3) is 5.78 Å². The maximum Gasteiger partial charge on any atom is 0.311 e. The molecule has 0 saturated heterocycles. The summed E-state index contributed by atoms with van der Waals surface area (Å²) in [6, 6.07) is 9.17. The van der Waals surface area contributed by atoms with Crippen LogP contribution in [0.4, 0.5) is 0 Å². The number of aryl methyl sites for hydroxylation is 2. The lowest BCUT2D eigenvalue weighted by Crippen LogP contribution is -2.19. The monoisotopic (exact) mass is 324 g/mol. The number of hydrogen-bond donors (Lipinski definition) is 1. The predicted molar refractivity (Wildman–Crippen MR) is 88.3 cm³/mol. The van der Waals surface area contributed by atoms with Gasteiger partial charge < -0.3 is 4.74 Å². The second-order valence-corrected chi connectivity index (χ2v) is 5.16. The standard InChI is InChI=1S/C16H16N6O2/c1-10-7-11(2)22-16(18-10)19-14(21-22)15(23)20-17-9-12-5-4-6-13(8-12)24-3/h4-9H,1-3H3,(H,20,23)/b17-9-. The van der Waals surface area contributed by atoms with Crippen LogP contribution in [-0.2, 0) is 0 Å². The number of nitrogens with one attached hydrogen (secondary N) is 1. The summed E-state index contributed by atoms with van der Waals surface area (Å²) in [4.78, 5) is 20.5. The lowest BCUT2D eigenvalue weighted by molar-refractivity contribution is 0.0945. The van der Waals surface area contributed by atoms with Gasteiger partial charge in [0.25, 0.3) is 5.78 Å². The predicted octanol–water partition coefficient (Wildman–Crippen LogP) is 1.51. The van der Waals surface area contributed by atoms with Crippen molar-refractivity contribution in [2.75, 3.05) is 7.11 Å². The summed E-state index contributed by atoms with van der Waals surface area (Å²) in [5.74, 6) is 0.606. The van der Waals surface area contributed by atoms with Crippen LogP contribution in [0.1, 0.15) is 27.6 Å². The number of ether oxygens (including phenoxy) is 1. The fraction of sp³-hybridized carbons (Fsp3) is 0.188. The van der Waals surface area contributed by atoms with Crippen molar-refractivity contribution in [3.8, 4) is 5.75 Å². The van der Waals surface area contributed by atoms with Gasteiger partial charge in [0.1, 0.15) is 5.75 Å². The Labute approximate surface area is 138 Å². The van der Waals surface area contributed by atoms with Crippen molar-refractivity contribution >= 4 is 17.9 Å². The van der Waals surface area contributed by atoms with Gasteiger partial charge in [0.15, 0.2) is 0 Å². The van der Waals surface area contributed by atoms with Crippen LogP contribution in [0.3, 0.4) is 0 Å². The fourth-order valence-corrected chi connectivity index (χ4v) is 2.20. The Morgan fingerprint density at radius 3 is 2.92 bits per heavy atom. The molecular weight excluding hydrogens is 308 g/mol. The van der Waals surface area contributed by atoms with Gasteiger partial charge in [-0.2, -0.15) is 10.1 Å². The molecule has 2 aromatic heterocycles. The summed E-state index contributed by atoms with van der Waals surface area (Å²) in [5.41, 5.74) is 4.87. The van der Waals surface area contributed by atoms with Gasteiger partial charge in [-0.25, -0.2) is 14.9 Å². The van der Waals surface area contributed by atoms with Crippen molar-refractivity contribution in [3.05, 3.63) is 53.1 Å². The maximum absolute atomic E-state index is 12.1. The van der Waals surface area contributed by atoms with E-state index in [1.807, 2.05) is 38.1 Å². The molecule has 0 aliphatic rings. The van der Waals surface area contributed by atoms with Gasteiger partial charge >= 0.3 is 5.91 Å². The lowest BCUT2D eigenvalue weighted by Gasteiger charge is -1.99. The quantitative estimate of drug-likeness (QED) is 0.580. The minimum Gasteiger partial charge on any atom is -0.497 e. The van der Waals surface area contributed by atoms with Gasteiger partial charge in [0.05, 0.1) is 13.3 Å². The first kappa shape index (κ1) is 15.6. The van der Waals surface area contributed by atoms with Crippen LogP contribution >= 0.6 is 0 Å². The highest BCUT2D eigenvalue weighted by Crippen LogP contribution is 2.10. The van der Waals surface area contributed by atoms with E-state index < -0.39 is 5.91 Å². The number of hydrogen-bond acceptors (Lipinski definition) is 6.